The second-order valence-corrected chi connectivity index (χ2v) is 7.57. The van der Waals surface area contributed by atoms with Crippen LogP contribution in [0.1, 0.15) is 64.2 Å². The highest BCUT2D eigenvalue weighted by molar-refractivity contribution is 5.84. The summed E-state index contributed by atoms with van der Waals surface area (Å²) in [6.45, 7) is 1.54. The van der Waals surface area contributed by atoms with Gasteiger partial charge in [0.05, 0.1) is 5.92 Å². The van der Waals surface area contributed by atoms with Crippen LogP contribution in [-0.4, -0.2) is 47.8 Å². The zero-order valence-electron chi connectivity index (χ0n) is 13.9. The van der Waals surface area contributed by atoms with Crippen molar-refractivity contribution in [3.05, 3.63) is 0 Å². The normalized spacial score (nSPS) is 26.5. The fraction of sp³-hybridized carbons (Fsp3) is 0.889. The highest BCUT2D eigenvalue weighted by Crippen LogP contribution is 2.32. The zero-order chi connectivity index (χ0) is 15.5. The summed E-state index contributed by atoms with van der Waals surface area (Å²) in [7, 11) is 1.94. The zero-order valence-corrected chi connectivity index (χ0v) is 13.9. The van der Waals surface area contributed by atoms with Gasteiger partial charge in [-0.3, -0.25) is 9.59 Å². The number of hydrogen-bond acceptors (Lipinski definition) is 2. The fourth-order valence-corrected chi connectivity index (χ4v) is 4.15. The highest BCUT2D eigenvalue weighted by atomic mass is 16.2. The van der Waals surface area contributed by atoms with E-state index in [2.05, 4.69) is 0 Å². The lowest BCUT2D eigenvalue weighted by atomic mass is 9.95. The molecule has 3 rings (SSSR count). The lowest BCUT2D eigenvalue weighted by molar-refractivity contribution is -0.142. The largest absolute Gasteiger partial charge is 0.345 e. The van der Waals surface area contributed by atoms with E-state index in [0.717, 1.165) is 38.1 Å². The molecule has 0 aromatic rings. The van der Waals surface area contributed by atoms with E-state index in [0.29, 0.717) is 19.0 Å². The molecule has 0 N–H and O–H groups in total. The van der Waals surface area contributed by atoms with Crippen LogP contribution in [0.5, 0.6) is 0 Å². The Bertz CT molecular complexity index is 413. The molecule has 3 fully saturated rings. The van der Waals surface area contributed by atoms with Gasteiger partial charge in [0.15, 0.2) is 0 Å². The van der Waals surface area contributed by atoms with Crippen molar-refractivity contribution in [3.8, 4) is 0 Å². The van der Waals surface area contributed by atoms with E-state index in [1.54, 1.807) is 0 Å². The predicted octanol–water partition coefficient (Wildman–Crippen LogP) is 2.82. The number of nitrogens with zero attached hydrogens (tertiary/aromatic N) is 2. The van der Waals surface area contributed by atoms with Crippen LogP contribution in [0, 0.1) is 11.8 Å². The van der Waals surface area contributed by atoms with Crippen LogP contribution in [0.15, 0.2) is 0 Å². The molecule has 0 aromatic carbocycles. The van der Waals surface area contributed by atoms with E-state index in [4.69, 9.17) is 0 Å². The molecule has 1 aliphatic heterocycles. The van der Waals surface area contributed by atoms with E-state index < -0.39 is 0 Å². The van der Waals surface area contributed by atoms with Crippen LogP contribution < -0.4 is 0 Å². The molecular weight excluding hydrogens is 276 g/mol. The first kappa shape index (κ1) is 15.8. The van der Waals surface area contributed by atoms with Gasteiger partial charge in [0.1, 0.15) is 0 Å². The van der Waals surface area contributed by atoms with Gasteiger partial charge in [-0.15, -0.1) is 0 Å². The van der Waals surface area contributed by atoms with Crippen molar-refractivity contribution < 1.29 is 9.59 Å². The van der Waals surface area contributed by atoms with Crippen molar-refractivity contribution in [2.24, 2.45) is 11.8 Å². The van der Waals surface area contributed by atoms with E-state index in [-0.39, 0.29) is 17.7 Å². The second kappa shape index (κ2) is 7.01. The van der Waals surface area contributed by atoms with Crippen molar-refractivity contribution in [1.29, 1.82) is 0 Å². The summed E-state index contributed by atoms with van der Waals surface area (Å²) in [5.74, 6) is 1.45. The first-order valence-electron chi connectivity index (χ1n) is 9.19. The van der Waals surface area contributed by atoms with Crippen LogP contribution in [0.4, 0.5) is 0 Å². The first-order valence-corrected chi connectivity index (χ1v) is 9.19. The number of carbonyl (C=O) groups is 2. The number of likely N-dealkylation sites (tertiary alicyclic amines) is 1. The molecule has 2 saturated carbocycles. The molecule has 4 nitrogen and oxygen atoms in total. The average molecular weight is 306 g/mol. The maximum absolute atomic E-state index is 12.6. The predicted molar refractivity (Wildman–Crippen MR) is 86.3 cm³/mol. The molecule has 124 valence electrons. The molecule has 1 atom stereocenters. The van der Waals surface area contributed by atoms with Gasteiger partial charge in [-0.1, -0.05) is 25.7 Å². The minimum absolute atomic E-state index is 0.0368. The molecule has 2 amide bonds. The topological polar surface area (TPSA) is 40.6 Å². The van der Waals surface area contributed by atoms with Gasteiger partial charge in [-0.25, -0.2) is 0 Å². The summed E-state index contributed by atoms with van der Waals surface area (Å²) in [5, 5.41) is 0. The Morgan fingerprint density at radius 3 is 2.59 bits per heavy atom. The Morgan fingerprint density at radius 2 is 1.91 bits per heavy atom. The van der Waals surface area contributed by atoms with E-state index in [1.165, 1.54) is 32.1 Å². The summed E-state index contributed by atoms with van der Waals surface area (Å²) in [5.41, 5.74) is 0. The van der Waals surface area contributed by atoms with E-state index in [9.17, 15) is 9.59 Å². The molecule has 1 heterocycles. The third-order valence-electron chi connectivity index (χ3n) is 5.74. The quantitative estimate of drug-likeness (QED) is 0.757. The van der Waals surface area contributed by atoms with E-state index in [1.807, 2.05) is 16.8 Å². The molecule has 4 heteroatoms. The van der Waals surface area contributed by atoms with Crippen LogP contribution >= 0.6 is 0 Å². The Morgan fingerprint density at radius 1 is 1.18 bits per heavy atom. The first-order chi connectivity index (χ1) is 10.6. The number of rotatable bonds is 6. The summed E-state index contributed by atoms with van der Waals surface area (Å²) >= 11 is 0. The molecule has 0 spiro atoms. The van der Waals surface area contributed by atoms with Crippen molar-refractivity contribution in [3.63, 3.8) is 0 Å². The van der Waals surface area contributed by atoms with E-state index >= 15 is 0 Å². The molecule has 22 heavy (non-hydrogen) atoms. The Balaban J connectivity index is 1.42. The number of piperidine rings is 1. The van der Waals surface area contributed by atoms with Crippen molar-refractivity contribution in [2.75, 3.05) is 20.1 Å². The molecule has 0 aromatic heterocycles. The van der Waals surface area contributed by atoms with Crippen molar-refractivity contribution >= 4 is 11.8 Å². The molecule has 0 radical (unpaired) electrons. The lowest BCUT2D eigenvalue weighted by Crippen LogP contribution is -2.47. The second-order valence-electron chi connectivity index (χ2n) is 7.57. The Hall–Kier alpha value is -1.06. The Labute approximate surface area is 134 Å². The number of amides is 2. The molecule has 1 saturated heterocycles. The summed E-state index contributed by atoms with van der Waals surface area (Å²) < 4.78 is 0. The molecule has 1 unspecified atom stereocenters. The van der Waals surface area contributed by atoms with Gasteiger partial charge in [-0.2, -0.15) is 0 Å². The highest BCUT2D eigenvalue weighted by Gasteiger charge is 2.39. The fourth-order valence-electron chi connectivity index (χ4n) is 4.15. The minimum atomic E-state index is 0.0368. The Kier molecular flexibility index (Phi) is 5.04. The SMILES string of the molecule is CN(CCCC1CCCC1)C(=O)C1CCC(=O)N(C2CC2)C1. The van der Waals surface area contributed by atoms with Crippen molar-refractivity contribution in [2.45, 2.75) is 70.3 Å². The third-order valence-corrected chi connectivity index (χ3v) is 5.74. The van der Waals surface area contributed by atoms with Crippen LogP contribution in [0.3, 0.4) is 0 Å². The maximum atomic E-state index is 12.6. The summed E-state index contributed by atoms with van der Waals surface area (Å²) in [6, 6.07) is 0.441. The molecule has 3 aliphatic rings. The molecule has 2 aliphatic carbocycles. The summed E-state index contributed by atoms with van der Waals surface area (Å²) in [4.78, 5) is 28.4. The molecule has 0 bridgehead atoms. The van der Waals surface area contributed by atoms with Gasteiger partial charge in [-0.05, 0) is 38.0 Å². The third kappa shape index (κ3) is 3.82. The van der Waals surface area contributed by atoms with Gasteiger partial charge in [0.2, 0.25) is 11.8 Å². The van der Waals surface area contributed by atoms with Gasteiger partial charge >= 0.3 is 0 Å². The number of carbonyl (C=O) groups excluding carboxylic acids is 2. The monoisotopic (exact) mass is 306 g/mol. The summed E-state index contributed by atoms with van der Waals surface area (Å²) in [6.07, 6.45) is 11.5. The van der Waals surface area contributed by atoms with Crippen LogP contribution in [0.2, 0.25) is 0 Å². The van der Waals surface area contributed by atoms with Gasteiger partial charge in [0.25, 0.3) is 0 Å². The standard InChI is InChI=1S/C18H30N2O2/c1-19(12-4-7-14-5-2-3-6-14)18(22)15-8-11-17(21)20(13-15)16-9-10-16/h14-16H,2-13H2,1H3. The number of hydrogen-bond donors (Lipinski definition) is 0. The minimum Gasteiger partial charge on any atom is -0.345 e. The average Bonchev–Trinajstić information content (AvgIpc) is 3.23. The van der Waals surface area contributed by atoms with Crippen LogP contribution in [0.25, 0.3) is 0 Å². The lowest BCUT2D eigenvalue weighted by Gasteiger charge is -2.34. The van der Waals surface area contributed by atoms with Gasteiger partial charge < -0.3 is 9.80 Å². The maximum Gasteiger partial charge on any atom is 0.227 e. The smallest absolute Gasteiger partial charge is 0.227 e. The molecular formula is C18H30N2O2. The van der Waals surface area contributed by atoms with Crippen LogP contribution in [-0.2, 0) is 9.59 Å². The van der Waals surface area contributed by atoms with Crippen molar-refractivity contribution in [1.82, 2.24) is 9.80 Å². The van der Waals surface area contributed by atoms with Gasteiger partial charge in [0, 0.05) is 32.6 Å².